The zero-order chi connectivity index (χ0) is 16.1. The largest absolute Gasteiger partial charge is 0.345 e. The molecule has 1 fully saturated rings. The Bertz CT molecular complexity index is 639. The van der Waals surface area contributed by atoms with E-state index in [0.29, 0.717) is 11.6 Å². The molecule has 1 heterocycles. The minimum atomic E-state index is 0.152. The van der Waals surface area contributed by atoms with E-state index in [1.165, 1.54) is 24.0 Å². The number of carbonyl (C=O) groups is 1. The van der Waals surface area contributed by atoms with Crippen LogP contribution in [0.2, 0.25) is 5.02 Å². The van der Waals surface area contributed by atoms with Crippen LogP contribution in [0.15, 0.2) is 12.1 Å². The zero-order valence-corrected chi connectivity index (χ0v) is 14.1. The molecule has 23 heavy (non-hydrogen) atoms. The van der Waals surface area contributed by atoms with Crippen LogP contribution in [0.3, 0.4) is 0 Å². The molecule has 1 aliphatic heterocycles. The fourth-order valence-electron chi connectivity index (χ4n) is 3.47. The number of benzene rings is 1. The van der Waals surface area contributed by atoms with Gasteiger partial charge < -0.3 is 10.6 Å². The number of carbonyl (C=O) groups excluding carboxylic acids is 1. The molecule has 0 aromatic heterocycles. The van der Waals surface area contributed by atoms with Crippen molar-refractivity contribution in [3.05, 3.63) is 33.8 Å². The summed E-state index contributed by atoms with van der Waals surface area (Å²) in [5, 5.41) is 7.05. The summed E-state index contributed by atoms with van der Waals surface area (Å²) in [6.45, 7) is 2.35. The molecule has 1 amide bonds. The van der Waals surface area contributed by atoms with Crippen LogP contribution in [0.5, 0.6) is 0 Å². The van der Waals surface area contributed by atoms with Gasteiger partial charge in [0.15, 0.2) is 0 Å². The van der Waals surface area contributed by atoms with E-state index in [2.05, 4.69) is 28.5 Å². The molecule has 2 aliphatic rings. The Labute approximate surface area is 143 Å². The first-order valence-corrected chi connectivity index (χ1v) is 8.91. The van der Waals surface area contributed by atoms with Gasteiger partial charge in [-0.1, -0.05) is 42.3 Å². The Morgan fingerprint density at radius 3 is 2.87 bits per heavy atom. The molecular formula is C19H23ClN2O. The van der Waals surface area contributed by atoms with Gasteiger partial charge in [0, 0.05) is 11.5 Å². The Morgan fingerprint density at radius 2 is 2.04 bits per heavy atom. The topological polar surface area (TPSA) is 41.1 Å². The van der Waals surface area contributed by atoms with Gasteiger partial charge in [-0.05, 0) is 56.0 Å². The molecule has 1 aliphatic carbocycles. The van der Waals surface area contributed by atoms with Gasteiger partial charge in [0.2, 0.25) is 5.91 Å². The van der Waals surface area contributed by atoms with Crippen LogP contribution in [-0.2, 0) is 17.6 Å². The van der Waals surface area contributed by atoms with Gasteiger partial charge in [0.05, 0.1) is 11.6 Å². The minimum absolute atomic E-state index is 0.152. The van der Waals surface area contributed by atoms with Crippen molar-refractivity contribution in [3.8, 4) is 11.8 Å². The molecule has 3 nitrogen and oxygen atoms in total. The molecule has 0 atom stereocenters. The number of fused-ring (bicyclic) bond motifs is 1. The molecule has 0 spiro atoms. The Balaban J connectivity index is 1.67. The number of hydrogen-bond donors (Lipinski definition) is 2. The summed E-state index contributed by atoms with van der Waals surface area (Å²) in [6, 6.07) is 4.05. The molecular weight excluding hydrogens is 308 g/mol. The summed E-state index contributed by atoms with van der Waals surface area (Å²) in [5.74, 6) is 6.62. The standard InChI is InChI=1S/C19H23ClN2O/c20-18-8-7-14-9-12-21-13-10-16(14)17(18)6-3-11-22-19(23)15-4-1-2-5-15/h7-8,15,21H,1-2,4-5,9-13H2,(H,22,23). The van der Waals surface area contributed by atoms with Gasteiger partial charge in [-0.3, -0.25) is 4.79 Å². The second kappa shape index (κ2) is 7.86. The summed E-state index contributed by atoms with van der Waals surface area (Å²) in [5.41, 5.74) is 3.53. The number of halogens is 1. The smallest absolute Gasteiger partial charge is 0.223 e. The number of nitrogens with one attached hydrogen (secondary N) is 2. The van der Waals surface area contributed by atoms with E-state index in [1.807, 2.05) is 6.07 Å². The Kier molecular flexibility index (Phi) is 5.59. The first kappa shape index (κ1) is 16.4. The SMILES string of the molecule is O=C(NCC#Cc1c(Cl)ccc2c1CCNCC2)C1CCCC1. The molecule has 2 N–H and O–H groups in total. The molecule has 4 heteroatoms. The van der Waals surface area contributed by atoms with Gasteiger partial charge in [-0.25, -0.2) is 0 Å². The van der Waals surface area contributed by atoms with Crippen LogP contribution in [0, 0.1) is 17.8 Å². The average molecular weight is 331 g/mol. The summed E-state index contributed by atoms with van der Waals surface area (Å²) in [6.07, 6.45) is 6.34. The lowest BCUT2D eigenvalue weighted by Gasteiger charge is -2.10. The zero-order valence-electron chi connectivity index (χ0n) is 13.4. The van der Waals surface area contributed by atoms with Gasteiger partial charge in [-0.15, -0.1) is 0 Å². The van der Waals surface area contributed by atoms with Crippen molar-refractivity contribution in [1.82, 2.24) is 10.6 Å². The predicted molar refractivity (Wildman–Crippen MR) is 93.6 cm³/mol. The number of rotatable bonds is 2. The van der Waals surface area contributed by atoms with E-state index >= 15 is 0 Å². The molecule has 0 radical (unpaired) electrons. The molecule has 1 aromatic rings. The van der Waals surface area contributed by atoms with Crippen LogP contribution in [0.25, 0.3) is 0 Å². The highest BCUT2D eigenvalue weighted by molar-refractivity contribution is 6.31. The second-order valence-electron chi connectivity index (χ2n) is 6.31. The van der Waals surface area contributed by atoms with Crippen molar-refractivity contribution < 1.29 is 4.79 Å². The fourth-order valence-corrected chi connectivity index (χ4v) is 3.70. The third kappa shape index (κ3) is 4.07. The molecule has 3 rings (SSSR count). The van der Waals surface area contributed by atoms with Crippen LogP contribution in [0.1, 0.15) is 42.4 Å². The van der Waals surface area contributed by atoms with Gasteiger partial charge in [0.1, 0.15) is 0 Å². The third-order valence-electron chi connectivity index (χ3n) is 4.77. The Hall–Kier alpha value is -1.50. The van der Waals surface area contributed by atoms with E-state index in [1.54, 1.807) is 0 Å². The maximum atomic E-state index is 12.0. The first-order valence-electron chi connectivity index (χ1n) is 8.53. The van der Waals surface area contributed by atoms with E-state index in [9.17, 15) is 4.79 Å². The highest BCUT2D eigenvalue weighted by Gasteiger charge is 2.21. The highest BCUT2D eigenvalue weighted by atomic mass is 35.5. The van der Waals surface area contributed by atoms with Crippen molar-refractivity contribution in [1.29, 1.82) is 0 Å². The lowest BCUT2D eigenvalue weighted by molar-refractivity contribution is -0.124. The van der Waals surface area contributed by atoms with E-state index in [-0.39, 0.29) is 11.8 Å². The van der Waals surface area contributed by atoms with Crippen molar-refractivity contribution in [3.63, 3.8) is 0 Å². The average Bonchev–Trinajstić information content (AvgIpc) is 2.99. The number of hydrogen-bond acceptors (Lipinski definition) is 2. The molecule has 0 unspecified atom stereocenters. The summed E-state index contributed by atoms with van der Waals surface area (Å²) >= 11 is 6.35. The summed E-state index contributed by atoms with van der Waals surface area (Å²) < 4.78 is 0. The van der Waals surface area contributed by atoms with Gasteiger partial charge >= 0.3 is 0 Å². The van der Waals surface area contributed by atoms with E-state index in [4.69, 9.17) is 11.6 Å². The van der Waals surface area contributed by atoms with Crippen molar-refractivity contribution in [2.75, 3.05) is 19.6 Å². The molecule has 0 saturated heterocycles. The van der Waals surface area contributed by atoms with Crippen LogP contribution in [-0.4, -0.2) is 25.5 Å². The highest BCUT2D eigenvalue weighted by Crippen LogP contribution is 2.25. The molecule has 122 valence electrons. The summed E-state index contributed by atoms with van der Waals surface area (Å²) in [7, 11) is 0. The maximum absolute atomic E-state index is 12.0. The normalized spacial score (nSPS) is 17.8. The molecule has 1 saturated carbocycles. The summed E-state index contributed by atoms with van der Waals surface area (Å²) in [4.78, 5) is 12.0. The maximum Gasteiger partial charge on any atom is 0.223 e. The van der Waals surface area contributed by atoms with Gasteiger partial charge in [-0.2, -0.15) is 0 Å². The van der Waals surface area contributed by atoms with Crippen molar-refractivity contribution in [2.24, 2.45) is 5.92 Å². The molecule has 0 bridgehead atoms. The first-order chi connectivity index (χ1) is 11.3. The predicted octanol–water partition coefficient (Wildman–Crippen LogP) is 2.69. The molecule has 1 aromatic carbocycles. The lowest BCUT2D eigenvalue weighted by Crippen LogP contribution is -2.29. The minimum Gasteiger partial charge on any atom is -0.345 e. The van der Waals surface area contributed by atoms with Crippen molar-refractivity contribution in [2.45, 2.75) is 38.5 Å². The van der Waals surface area contributed by atoms with E-state index < -0.39 is 0 Å². The van der Waals surface area contributed by atoms with Crippen molar-refractivity contribution >= 4 is 17.5 Å². The second-order valence-corrected chi connectivity index (χ2v) is 6.72. The third-order valence-corrected chi connectivity index (χ3v) is 5.09. The lowest BCUT2D eigenvalue weighted by atomic mass is 9.97. The van der Waals surface area contributed by atoms with Crippen LogP contribution >= 0.6 is 11.6 Å². The fraction of sp³-hybridized carbons (Fsp3) is 0.526. The Morgan fingerprint density at radius 1 is 1.26 bits per heavy atom. The van der Waals surface area contributed by atoms with Gasteiger partial charge in [0.25, 0.3) is 0 Å². The quantitative estimate of drug-likeness (QED) is 0.819. The number of amides is 1. The van der Waals surface area contributed by atoms with Crippen LogP contribution in [0.4, 0.5) is 0 Å². The monoisotopic (exact) mass is 330 g/mol. The van der Waals surface area contributed by atoms with Crippen LogP contribution < -0.4 is 10.6 Å². The van der Waals surface area contributed by atoms with E-state index in [0.717, 1.165) is 44.3 Å².